The van der Waals surface area contributed by atoms with Gasteiger partial charge in [-0.1, -0.05) is 11.3 Å². The van der Waals surface area contributed by atoms with Crippen LogP contribution in [0.5, 0.6) is 0 Å². The van der Waals surface area contributed by atoms with E-state index in [1.54, 1.807) is 16.9 Å². The molecule has 0 saturated carbocycles. The van der Waals surface area contributed by atoms with Crippen LogP contribution < -0.4 is 0 Å². The van der Waals surface area contributed by atoms with Crippen molar-refractivity contribution in [1.29, 1.82) is 5.26 Å². The third-order valence-electron chi connectivity index (χ3n) is 4.63. The van der Waals surface area contributed by atoms with Crippen molar-refractivity contribution in [2.24, 2.45) is 0 Å². The summed E-state index contributed by atoms with van der Waals surface area (Å²) in [4.78, 5) is 2.08. The van der Waals surface area contributed by atoms with Gasteiger partial charge in [-0.2, -0.15) is 5.26 Å². The van der Waals surface area contributed by atoms with Crippen LogP contribution in [0.25, 0.3) is 0 Å². The molecule has 1 N–H and O–H groups in total. The maximum atomic E-state index is 13.8. The van der Waals surface area contributed by atoms with E-state index in [1.165, 1.54) is 12.1 Å². The molecule has 1 fully saturated rings. The van der Waals surface area contributed by atoms with Gasteiger partial charge in [0.15, 0.2) is 0 Å². The lowest BCUT2D eigenvalue weighted by Gasteiger charge is -2.38. The quantitative estimate of drug-likeness (QED) is 0.922. The first-order valence-electron chi connectivity index (χ1n) is 8.47. The highest BCUT2D eigenvalue weighted by molar-refractivity contribution is 5.33. The maximum absolute atomic E-state index is 13.8. The second-order valence-electron chi connectivity index (χ2n) is 6.95. The van der Waals surface area contributed by atoms with Crippen LogP contribution in [0.15, 0.2) is 24.4 Å². The van der Waals surface area contributed by atoms with Crippen LogP contribution >= 0.6 is 0 Å². The van der Waals surface area contributed by atoms with E-state index in [1.807, 2.05) is 19.9 Å². The Hall–Kier alpha value is -2.30. The first-order chi connectivity index (χ1) is 11.9. The number of aromatic nitrogens is 3. The molecule has 1 atom stereocenters. The summed E-state index contributed by atoms with van der Waals surface area (Å²) < 4.78 is 15.5. The van der Waals surface area contributed by atoms with Crippen LogP contribution in [0.2, 0.25) is 0 Å². The van der Waals surface area contributed by atoms with E-state index >= 15 is 0 Å². The van der Waals surface area contributed by atoms with Crippen LogP contribution in [-0.4, -0.2) is 38.1 Å². The van der Waals surface area contributed by atoms with Crippen molar-refractivity contribution in [3.8, 4) is 6.07 Å². The molecule has 3 rings (SSSR count). The lowest BCUT2D eigenvalue weighted by atomic mass is 9.89. The van der Waals surface area contributed by atoms with Gasteiger partial charge in [-0.15, -0.1) is 5.10 Å². The first-order valence-corrected chi connectivity index (χ1v) is 8.47. The Morgan fingerprint density at radius 1 is 1.44 bits per heavy atom. The van der Waals surface area contributed by atoms with Crippen LogP contribution in [0.1, 0.15) is 49.6 Å². The molecule has 7 heteroatoms. The molecule has 1 aromatic heterocycles. The van der Waals surface area contributed by atoms with Gasteiger partial charge in [0.1, 0.15) is 23.2 Å². The highest BCUT2D eigenvalue weighted by atomic mass is 19.1. The SMILES string of the molecule is CC(C)n1cc([C@@]2(O)CCCN(Cc3ccc(C#N)c(F)c3)C2)nn1. The predicted molar refractivity (Wildman–Crippen MR) is 89.9 cm³/mol. The van der Waals surface area contributed by atoms with Gasteiger partial charge in [0.2, 0.25) is 0 Å². The van der Waals surface area contributed by atoms with Gasteiger partial charge in [-0.25, -0.2) is 9.07 Å². The van der Waals surface area contributed by atoms with E-state index in [9.17, 15) is 9.50 Å². The van der Waals surface area contributed by atoms with E-state index in [0.29, 0.717) is 25.2 Å². The zero-order valence-electron chi connectivity index (χ0n) is 14.5. The summed E-state index contributed by atoms with van der Waals surface area (Å²) in [6.45, 7) is 5.78. The topological polar surface area (TPSA) is 78.0 Å². The molecule has 1 aromatic carbocycles. The van der Waals surface area contributed by atoms with E-state index < -0.39 is 11.4 Å². The fraction of sp³-hybridized carbons (Fsp3) is 0.500. The molecule has 0 unspecified atom stereocenters. The molecular formula is C18H22FN5O. The van der Waals surface area contributed by atoms with Crippen molar-refractivity contribution >= 4 is 0 Å². The summed E-state index contributed by atoms with van der Waals surface area (Å²) in [5.74, 6) is -0.507. The van der Waals surface area contributed by atoms with Gasteiger partial charge in [-0.3, -0.25) is 4.90 Å². The van der Waals surface area contributed by atoms with Crippen molar-refractivity contribution in [3.05, 3.63) is 47.0 Å². The summed E-state index contributed by atoms with van der Waals surface area (Å²) in [5, 5.41) is 28.1. The molecule has 0 bridgehead atoms. The summed E-state index contributed by atoms with van der Waals surface area (Å²) in [6.07, 6.45) is 3.25. The van der Waals surface area contributed by atoms with E-state index in [4.69, 9.17) is 5.26 Å². The van der Waals surface area contributed by atoms with Gasteiger partial charge in [0.25, 0.3) is 0 Å². The molecule has 25 heavy (non-hydrogen) atoms. The highest BCUT2D eigenvalue weighted by Crippen LogP contribution is 2.31. The number of hydrogen-bond acceptors (Lipinski definition) is 5. The third kappa shape index (κ3) is 3.70. The summed E-state index contributed by atoms with van der Waals surface area (Å²) in [6, 6.07) is 6.65. The Morgan fingerprint density at radius 2 is 2.24 bits per heavy atom. The number of nitriles is 1. The summed E-state index contributed by atoms with van der Waals surface area (Å²) in [7, 11) is 0. The van der Waals surface area contributed by atoms with Crippen LogP contribution in [0.4, 0.5) is 4.39 Å². The van der Waals surface area contributed by atoms with Gasteiger partial charge >= 0.3 is 0 Å². The zero-order chi connectivity index (χ0) is 18.0. The first kappa shape index (κ1) is 17.5. The van der Waals surface area contributed by atoms with E-state index in [0.717, 1.165) is 18.5 Å². The minimum absolute atomic E-state index is 0.0456. The smallest absolute Gasteiger partial charge is 0.141 e. The number of benzene rings is 1. The van der Waals surface area contributed by atoms with Crippen molar-refractivity contribution in [3.63, 3.8) is 0 Å². The van der Waals surface area contributed by atoms with Gasteiger partial charge in [-0.05, 0) is 50.9 Å². The summed E-state index contributed by atoms with van der Waals surface area (Å²) >= 11 is 0. The van der Waals surface area contributed by atoms with Crippen molar-refractivity contribution in [2.75, 3.05) is 13.1 Å². The molecule has 6 nitrogen and oxygen atoms in total. The van der Waals surface area contributed by atoms with Crippen LogP contribution in [0.3, 0.4) is 0 Å². The Kier molecular flexibility index (Phi) is 4.84. The monoisotopic (exact) mass is 343 g/mol. The van der Waals surface area contributed by atoms with Gasteiger partial charge < -0.3 is 5.11 Å². The number of β-amino-alcohol motifs (C(OH)–C–C–N with tert-alkyl or cyclic N) is 1. The minimum atomic E-state index is -1.05. The third-order valence-corrected chi connectivity index (χ3v) is 4.63. The van der Waals surface area contributed by atoms with E-state index in [-0.39, 0.29) is 11.6 Å². The Bertz CT molecular complexity index is 797. The molecule has 0 amide bonds. The number of likely N-dealkylation sites (tertiary alicyclic amines) is 1. The van der Waals surface area contributed by atoms with Crippen molar-refractivity contribution < 1.29 is 9.50 Å². The highest BCUT2D eigenvalue weighted by Gasteiger charge is 2.37. The molecule has 0 aliphatic carbocycles. The maximum Gasteiger partial charge on any atom is 0.141 e. The average Bonchev–Trinajstić information content (AvgIpc) is 3.06. The number of halogens is 1. The molecule has 2 heterocycles. The zero-order valence-corrected chi connectivity index (χ0v) is 14.5. The number of hydrogen-bond donors (Lipinski definition) is 1. The average molecular weight is 343 g/mol. The molecule has 2 aromatic rings. The second kappa shape index (κ2) is 6.90. The second-order valence-corrected chi connectivity index (χ2v) is 6.95. The standard InChI is InChI=1S/C18H22FN5O/c1-13(2)24-11-17(21-22-24)18(25)6-3-7-23(12-18)10-14-4-5-15(9-20)16(19)8-14/h4-5,8,11,13,25H,3,6-7,10,12H2,1-2H3/t18-/m1/s1. The molecule has 132 valence electrons. The fourth-order valence-electron chi connectivity index (χ4n) is 3.22. The van der Waals surface area contributed by atoms with Gasteiger partial charge in [0, 0.05) is 19.1 Å². The summed E-state index contributed by atoms with van der Waals surface area (Å²) in [5.41, 5.74) is 0.365. The van der Waals surface area contributed by atoms with Crippen LogP contribution in [0, 0.1) is 17.1 Å². The number of nitrogens with zero attached hydrogens (tertiary/aromatic N) is 5. The molecule has 1 aliphatic rings. The Balaban J connectivity index is 1.74. The normalized spacial score (nSPS) is 21.4. The fourth-order valence-corrected chi connectivity index (χ4v) is 3.22. The number of piperidine rings is 1. The lowest BCUT2D eigenvalue weighted by molar-refractivity contribution is -0.0414. The number of rotatable bonds is 4. The minimum Gasteiger partial charge on any atom is -0.382 e. The Morgan fingerprint density at radius 3 is 2.88 bits per heavy atom. The molecular weight excluding hydrogens is 321 g/mol. The lowest BCUT2D eigenvalue weighted by Crippen LogP contribution is -2.45. The van der Waals surface area contributed by atoms with Crippen molar-refractivity contribution in [1.82, 2.24) is 19.9 Å². The molecule has 1 saturated heterocycles. The van der Waals surface area contributed by atoms with Crippen LogP contribution in [-0.2, 0) is 12.1 Å². The van der Waals surface area contributed by atoms with Gasteiger partial charge in [0.05, 0.1) is 11.8 Å². The molecule has 1 aliphatic heterocycles. The molecule has 0 spiro atoms. The molecule has 0 radical (unpaired) electrons. The predicted octanol–water partition coefficient (Wildman–Crippen LogP) is 2.35. The Labute approximate surface area is 146 Å². The number of aliphatic hydroxyl groups is 1. The van der Waals surface area contributed by atoms with E-state index in [2.05, 4.69) is 15.2 Å². The van der Waals surface area contributed by atoms with Crippen molar-refractivity contribution in [2.45, 2.75) is 44.9 Å². The largest absolute Gasteiger partial charge is 0.382 e.